The quantitative estimate of drug-likeness (QED) is 0.0689. The summed E-state index contributed by atoms with van der Waals surface area (Å²) in [5, 5.41) is 1.10. The van der Waals surface area contributed by atoms with E-state index in [0.717, 1.165) is 16.5 Å². The highest BCUT2D eigenvalue weighted by Gasteiger charge is 2.47. The van der Waals surface area contributed by atoms with Crippen molar-refractivity contribution in [3.8, 4) is 0 Å². The lowest BCUT2D eigenvalue weighted by Crippen LogP contribution is -2.75. The van der Waals surface area contributed by atoms with Crippen LogP contribution in [0.3, 0.4) is 0 Å². The first kappa shape index (κ1) is 62.8. The summed E-state index contributed by atoms with van der Waals surface area (Å²) in [6, 6.07) is 13.2. The molecule has 1 aromatic heterocycles. The molecule has 0 aliphatic carbocycles. The summed E-state index contributed by atoms with van der Waals surface area (Å²) >= 11 is 0. The number of fused-ring (bicyclic) bond motifs is 1. The maximum atomic E-state index is 14.2. The van der Waals surface area contributed by atoms with Crippen molar-refractivity contribution >= 4 is 44.9 Å². The Hall–Kier alpha value is -7.42. The molecular formula is C53H34BF24NO2. The van der Waals surface area contributed by atoms with Gasteiger partial charge in [-0.2, -0.15) is 132 Å². The lowest BCUT2D eigenvalue weighted by atomic mass is 9.12. The highest BCUT2D eigenvalue weighted by molar-refractivity contribution is 7.20. The van der Waals surface area contributed by atoms with Crippen molar-refractivity contribution in [2.75, 3.05) is 0 Å². The molecule has 0 spiro atoms. The molecular weight excluding hydrogens is 1150 g/mol. The predicted molar refractivity (Wildman–Crippen MR) is 245 cm³/mol. The van der Waals surface area contributed by atoms with Crippen LogP contribution in [0.15, 0.2) is 140 Å². The molecule has 7 aromatic rings. The van der Waals surface area contributed by atoms with Crippen LogP contribution < -0.4 is 26.4 Å². The summed E-state index contributed by atoms with van der Waals surface area (Å²) in [6.07, 6.45) is -54.8. The molecule has 6 aromatic carbocycles. The maximum absolute atomic E-state index is 14.2. The Balaban J connectivity index is 0.000000363. The zero-order valence-corrected chi connectivity index (χ0v) is 40.9. The van der Waals surface area contributed by atoms with Crippen molar-refractivity contribution in [2.24, 2.45) is 0 Å². The number of nitrogens with zero attached hydrogens (tertiary/aromatic N) is 1. The highest BCUT2D eigenvalue weighted by Crippen LogP contribution is 2.41. The number of para-hydroxylation sites is 1. The van der Waals surface area contributed by atoms with Crippen molar-refractivity contribution in [2.45, 2.75) is 82.3 Å². The Morgan fingerprint density at radius 1 is 0.370 bits per heavy atom. The Morgan fingerprint density at radius 3 is 0.914 bits per heavy atom. The Morgan fingerprint density at radius 2 is 0.642 bits per heavy atom. The number of carbonyl (C=O) groups is 1. The second kappa shape index (κ2) is 21.5. The molecule has 0 bridgehead atoms. The minimum absolute atomic E-state index is 0.302. The summed E-state index contributed by atoms with van der Waals surface area (Å²) in [5.74, 6) is -0.302. The molecule has 434 valence electrons. The molecule has 0 atom stereocenters. The fourth-order valence-electron chi connectivity index (χ4n) is 8.78. The molecule has 1 heterocycles. The first-order valence-corrected chi connectivity index (χ1v) is 22.7. The molecule has 7 rings (SSSR count). The van der Waals surface area contributed by atoms with E-state index in [1.165, 1.54) is 0 Å². The van der Waals surface area contributed by atoms with Gasteiger partial charge in [0, 0.05) is 23.1 Å². The van der Waals surface area contributed by atoms with Crippen LogP contribution in [0.4, 0.5) is 105 Å². The number of benzene rings is 6. The van der Waals surface area contributed by atoms with Gasteiger partial charge in [-0.3, -0.25) is 0 Å². The number of hydrogen-bond acceptors (Lipinski definition) is 2. The molecule has 0 saturated heterocycles. The third-order valence-corrected chi connectivity index (χ3v) is 12.2. The summed E-state index contributed by atoms with van der Waals surface area (Å²) in [7, 11) is 0. The number of ether oxygens (including phenoxy) is 1. The number of halogens is 24. The van der Waals surface area contributed by atoms with E-state index in [2.05, 4.69) is 18.2 Å². The monoisotopic (exact) mass is 1180 g/mol. The number of hydrogen-bond donors (Lipinski definition) is 0. The maximum Gasteiger partial charge on any atom is 0.416 e. The van der Waals surface area contributed by atoms with Gasteiger partial charge in [-0.15, -0.1) is 0 Å². The van der Waals surface area contributed by atoms with Crippen molar-refractivity contribution in [1.82, 2.24) is 0 Å². The zero-order chi connectivity index (χ0) is 61.1. The Bertz CT molecular complexity index is 3000. The van der Waals surface area contributed by atoms with Crippen LogP contribution >= 0.6 is 0 Å². The van der Waals surface area contributed by atoms with Crippen LogP contribution in [0, 0.1) is 0 Å². The van der Waals surface area contributed by atoms with Gasteiger partial charge in [0.1, 0.15) is 11.7 Å². The summed E-state index contributed by atoms with van der Waals surface area (Å²) in [6.45, 7) is 6.27. The molecule has 28 heteroatoms. The van der Waals surface area contributed by atoms with Crippen LogP contribution in [0.25, 0.3) is 10.9 Å². The number of alkyl halides is 24. The van der Waals surface area contributed by atoms with E-state index >= 15 is 0 Å². The van der Waals surface area contributed by atoms with E-state index in [-0.39, 0.29) is 5.97 Å². The van der Waals surface area contributed by atoms with Gasteiger partial charge in [0.2, 0.25) is 5.52 Å². The molecule has 0 aliphatic heterocycles. The topological polar surface area (TPSA) is 30.2 Å². The lowest BCUT2D eigenvalue weighted by molar-refractivity contribution is -0.665. The number of rotatable bonds is 7. The van der Waals surface area contributed by atoms with Gasteiger partial charge in [-0.1, -0.05) is 91.0 Å². The minimum atomic E-state index is -6.13. The average Bonchev–Trinajstić information content (AvgIpc) is 3.45. The third-order valence-electron chi connectivity index (χ3n) is 12.2. The number of carbonyl (C=O) groups excluding carboxylic acids is 1. The summed E-state index contributed by atoms with van der Waals surface area (Å²) in [4.78, 5) is 12.7. The fourth-order valence-corrected chi connectivity index (χ4v) is 8.78. The SMILES string of the molecule is CC(C)(C)OC(=O)c1ccc2ccccc2[n+]1Cc1ccccc1.FC(F)(F)c1cc([B-](c2cc(C(F)(F)F)cc(C(F)(F)F)c2)(c2cc(C(F)(F)F)cc(C(F)(F)F)c2)c2cc(C(F)(F)F)cc(C(F)(F)F)c2)cc(C(F)(F)F)c1. The van der Waals surface area contributed by atoms with Gasteiger partial charge >= 0.3 is 55.4 Å². The van der Waals surface area contributed by atoms with Crippen LogP contribution in [0.5, 0.6) is 0 Å². The fraction of sp³-hybridized carbons (Fsp3) is 0.245. The number of esters is 1. The highest BCUT2D eigenvalue weighted by atomic mass is 19.4. The van der Waals surface area contributed by atoms with Gasteiger partial charge in [0.25, 0.3) is 5.69 Å². The van der Waals surface area contributed by atoms with Gasteiger partial charge in [0.15, 0.2) is 6.54 Å². The van der Waals surface area contributed by atoms with E-state index in [0.29, 0.717) is 12.2 Å². The Labute approximate surface area is 441 Å². The van der Waals surface area contributed by atoms with E-state index in [1.807, 2.05) is 73.9 Å². The smallest absolute Gasteiger partial charge is 0.416 e. The molecule has 0 aliphatic rings. The van der Waals surface area contributed by atoms with Crippen LogP contribution in [-0.4, -0.2) is 17.7 Å². The van der Waals surface area contributed by atoms with Crippen molar-refractivity contribution in [1.29, 1.82) is 0 Å². The average molecular weight is 1180 g/mol. The molecule has 0 saturated carbocycles. The first-order chi connectivity index (χ1) is 36.7. The molecule has 3 nitrogen and oxygen atoms in total. The van der Waals surface area contributed by atoms with E-state index in [4.69, 9.17) is 4.74 Å². The molecule has 0 amide bonds. The molecule has 0 N–H and O–H groups in total. The normalized spacial score (nSPS) is 13.5. The van der Waals surface area contributed by atoms with Gasteiger partial charge in [-0.05, 0) is 57.2 Å². The second-order valence-electron chi connectivity index (χ2n) is 19.1. The van der Waals surface area contributed by atoms with E-state index in [1.54, 1.807) is 0 Å². The molecule has 81 heavy (non-hydrogen) atoms. The number of pyridine rings is 1. The van der Waals surface area contributed by atoms with E-state index in [9.17, 15) is 110 Å². The molecule has 0 fully saturated rings. The second-order valence-corrected chi connectivity index (χ2v) is 19.1. The molecule has 0 unspecified atom stereocenters. The van der Waals surface area contributed by atoms with Crippen LogP contribution in [0.1, 0.15) is 81.3 Å². The van der Waals surface area contributed by atoms with Crippen molar-refractivity contribution < 1.29 is 119 Å². The molecule has 0 radical (unpaired) electrons. The van der Waals surface area contributed by atoms with Gasteiger partial charge in [0.05, 0.1) is 44.5 Å². The van der Waals surface area contributed by atoms with Crippen molar-refractivity contribution in [3.63, 3.8) is 0 Å². The van der Waals surface area contributed by atoms with Gasteiger partial charge in [-0.25, -0.2) is 4.79 Å². The van der Waals surface area contributed by atoms with Crippen LogP contribution in [0.2, 0.25) is 0 Å². The van der Waals surface area contributed by atoms with E-state index < -0.39 is 200 Å². The van der Waals surface area contributed by atoms with Crippen molar-refractivity contribution in [3.05, 3.63) is 195 Å². The largest absolute Gasteiger partial charge is 0.452 e. The third kappa shape index (κ3) is 14.6. The van der Waals surface area contributed by atoms with Crippen LogP contribution in [-0.2, 0) is 60.7 Å². The number of aromatic nitrogens is 1. The van der Waals surface area contributed by atoms with Gasteiger partial charge < -0.3 is 4.74 Å². The Kier molecular flexibility index (Phi) is 16.6. The lowest BCUT2D eigenvalue weighted by Gasteiger charge is -2.46. The standard InChI is InChI=1S/C32H12BF24.C21H22NO2/c34-25(35,36)13-1-14(26(37,38)39)6-21(5-13)33(22-7-15(27(40,41)42)2-16(8-22)28(43,44)45,23-9-17(29(46,47)48)3-18(10-23)30(49,50)51)24-11-19(31(52,53)54)4-20(12-24)32(55,56)57;1-21(2,3)24-20(23)19-14-13-17-11-7-8-12-18(17)22(19)15-16-9-5-4-6-10-16/h1-12H;4-14H,15H2,1-3H3/q-1;+1. The zero-order valence-electron chi connectivity index (χ0n) is 40.9. The summed E-state index contributed by atoms with van der Waals surface area (Å²) < 4.78 is 348. The minimum Gasteiger partial charge on any atom is -0.452 e. The summed E-state index contributed by atoms with van der Waals surface area (Å²) in [5.41, 5.74) is -28.0. The first-order valence-electron chi connectivity index (χ1n) is 22.7. The predicted octanol–water partition coefficient (Wildman–Crippen LogP) is 15.3.